The molecule has 1 aliphatic heterocycles. The van der Waals surface area contributed by atoms with Crippen molar-refractivity contribution >= 4 is 34.6 Å². The minimum absolute atomic E-state index is 0.0147. The molecular formula is C21H20N4O4S. The molecule has 1 N–H and O–H groups in total. The van der Waals surface area contributed by atoms with Gasteiger partial charge in [-0.15, -0.1) is 0 Å². The van der Waals surface area contributed by atoms with Crippen molar-refractivity contribution in [1.82, 2.24) is 19.8 Å². The third-order valence-electron chi connectivity index (χ3n) is 4.81. The summed E-state index contributed by atoms with van der Waals surface area (Å²) in [7, 11) is 1.60. The predicted octanol–water partition coefficient (Wildman–Crippen LogP) is 2.10. The van der Waals surface area contributed by atoms with E-state index in [0.29, 0.717) is 35.7 Å². The van der Waals surface area contributed by atoms with Crippen LogP contribution in [0, 0.1) is 0 Å². The first-order valence-electron chi connectivity index (χ1n) is 9.40. The van der Waals surface area contributed by atoms with Gasteiger partial charge in [-0.2, -0.15) is 0 Å². The zero-order chi connectivity index (χ0) is 21.1. The summed E-state index contributed by atoms with van der Waals surface area (Å²) in [6.07, 6.45) is 0. The van der Waals surface area contributed by atoms with Gasteiger partial charge >= 0.3 is 6.03 Å². The van der Waals surface area contributed by atoms with Crippen LogP contribution in [0.5, 0.6) is 5.75 Å². The number of carbonyl (C=O) groups is 2. The number of amides is 3. The Morgan fingerprint density at radius 3 is 2.63 bits per heavy atom. The molecular weight excluding hydrogens is 404 g/mol. The van der Waals surface area contributed by atoms with Crippen LogP contribution in [0.1, 0.15) is 5.56 Å². The second-order valence-electron chi connectivity index (χ2n) is 6.72. The second-order valence-corrected chi connectivity index (χ2v) is 7.66. The van der Waals surface area contributed by atoms with E-state index in [1.807, 2.05) is 30.3 Å². The van der Waals surface area contributed by atoms with Crippen molar-refractivity contribution < 1.29 is 14.3 Å². The number of urea groups is 1. The third-order valence-corrected chi connectivity index (χ3v) is 5.77. The van der Waals surface area contributed by atoms with Crippen LogP contribution >= 0.6 is 11.8 Å². The smallest absolute Gasteiger partial charge is 0.324 e. The summed E-state index contributed by atoms with van der Waals surface area (Å²) in [5.74, 6) is 0.432. The molecule has 8 nitrogen and oxygen atoms in total. The van der Waals surface area contributed by atoms with Crippen molar-refractivity contribution in [2.45, 2.75) is 11.7 Å². The molecule has 0 unspecified atom stereocenters. The van der Waals surface area contributed by atoms with E-state index in [4.69, 9.17) is 4.74 Å². The predicted molar refractivity (Wildman–Crippen MR) is 114 cm³/mol. The van der Waals surface area contributed by atoms with Crippen LogP contribution in [0.4, 0.5) is 4.79 Å². The van der Waals surface area contributed by atoms with Crippen LogP contribution < -0.4 is 15.6 Å². The van der Waals surface area contributed by atoms with E-state index >= 15 is 0 Å². The number of carbonyl (C=O) groups excluding carboxylic acids is 2. The molecule has 0 radical (unpaired) electrons. The molecule has 9 heteroatoms. The standard InChI is InChI=1S/C21H20N4O4S/c1-29-15-8-6-14(7-9-15)12-25-19(27)16-4-2-3-5-17(16)23-21(25)30-13-18(26)24-11-10-22-20(24)28/h2-9H,10-13H2,1H3,(H,22,28). The number of imide groups is 1. The van der Waals surface area contributed by atoms with Crippen LogP contribution in [-0.4, -0.2) is 52.3 Å². The van der Waals surface area contributed by atoms with E-state index in [1.165, 1.54) is 4.90 Å². The number of thioether (sulfide) groups is 1. The summed E-state index contributed by atoms with van der Waals surface area (Å²) in [4.78, 5) is 43.1. The summed E-state index contributed by atoms with van der Waals surface area (Å²) >= 11 is 1.16. The fraction of sp³-hybridized carbons (Fsp3) is 0.238. The molecule has 0 bridgehead atoms. The lowest BCUT2D eigenvalue weighted by Gasteiger charge is -2.15. The second kappa shape index (κ2) is 8.58. The number of nitrogens with one attached hydrogen (secondary N) is 1. The number of aromatic nitrogens is 2. The van der Waals surface area contributed by atoms with E-state index in [9.17, 15) is 14.4 Å². The fourth-order valence-electron chi connectivity index (χ4n) is 3.22. The molecule has 0 spiro atoms. The van der Waals surface area contributed by atoms with Gasteiger partial charge in [0.05, 0.1) is 30.3 Å². The van der Waals surface area contributed by atoms with E-state index in [-0.39, 0.29) is 23.3 Å². The van der Waals surface area contributed by atoms with Crippen LogP contribution in [0.3, 0.4) is 0 Å². The van der Waals surface area contributed by atoms with Gasteiger partial charge in [-0.3, -0.25) is 19.1 Å². The molecule has 30 heavy (non-hydrogen) atoms. The fourth-order valence-corrected chi connectivity index (χ4v) is 4.10. The number of ether oxygens (including phenoxy) is 1. The van der Waals surface area contributed by atoms with Crippen molar-refractivity contribution in [3.05, 3.63) is 64.4 Å². The van der Waals surface area contributed by atoms with E-state index in [2.05, 4.69) is 10.3 Å². The molecule has 3 aromatic rings. The maximum absolute atomic E-state index is 13.2. The minimum Gasteiger partial charge on any atom is -0.497 e. The number of fused-ring (bicyclic) bond motifs is 1. The molecule has 1 aromatic heterocycles. The highest BCUT2D eigenvalue weighted by atomic mass is 32.2. The van der Waals surface area contributed by atoms with Gasteiger partial charge in [0.2, 0.25) is 5.91 Å². The first kappa shape index (κ1) is 20.0. The number of benzene rings is 2. The summed E-state index contributed by atoms with van der Waals surface area (Å²) in [6, 6.07) is 14.2. The molecule has 1 saturated heterocycles. The van der Waals surface area contributed by atoms with Crippen LogP contribution in [0.15, 0.2) is 58.5 Å². The Morgan fingerprint density at radius 1 is 1.17 bits per heavy atom. The average Bonchev–Trinajstić information content (AvgIpc) is 3.20. The summed E-state index contributed by atoms with van der Waals surface area (Å²) in [5.41, 5.74) is 1.30. The van der Waals surface area contributed by atoms with Gasteiger partial charge in [0.1, 0.15) is 5.75 Å². The summed E-state index contributed by atoms with van der Waals surface area (Å²) in [5, 5.41) is 3.56. The highest BCUT2D eigenvalue weighted by molar-refractivity contribution is 7.99. The Kier molecular flexibility index (Phi) is 5.71. The molecule has 1 fully saturated rings. The van der Waals surface area contributed by atoms with Crippen molar-refractivity contribution in [3.63, 3.8) is 0 Å². The Bertz CT molecular complexity index is 1160. The van der Waals surface area contributed by atoms with E-state index < -0.39 is 0 Å². The first-order valence-corrected chi connectivity index (χ1v) is 10.4. The van der Waals surface area contributed by atoms with Crippen LogP contribution in [0.25, 0.3) is 10.9 Å². The topological polar surface area (TPSA) is 93.5 Å². The molecule has 0 aliphatic carbocycles. The maximum atomic E-state index is 13.2. The Hall–Kier alpha value is -3.33. The zero-order valence-corrected chi connectivity index (χ0v) is 17.1. The van der Waals surface area contributed by atoms with E-state index in [0.717, 1.165) is 23.1 Å². The van der Waals surface area contributed by atoms with Gasteiger partial charge in [0.25, 0.3) is 5.56 Å². The zero-order valence-electron chi connectivity index (χ0n) is 16.3. The number of hydrogen-bond acceptors (Lipinski definition) is 6. The Balaban J connectivity index is 1.65. The molecule has 0 saturated carbocycles. The largest absolute Gasteiger partial charge is 0.497 e. The van der Waals surface area contributed by atoms with Gasteiger partial charge < -0.3 is 10.1 Å². The number of rotatable bonds is 6. The summed E-state index contributed by atoms with van der Waals surface area (Å²) < 4.78 is 6.75. The van der Waals surface area contributed by atoms with Crippen LogP contribution in [-0.2, 0) is 11.3 Å². The number of hydrogen-bond donors (Lipinski definition) is 1. The van der Waals surface area contributed by atoms with Crippen molar-refractivity contribution in [2.24, 2.45) is 0 Å². The van der Waals surface area contributed by atoms with Crippen molar-refractivity contribution in [3.8, 4) is 5.75 Å². The van der Waals surface area contributed by atoms with Crippen molar-refractivity contribution in [1.29, 1.82) is 0 Å². The number of para-hydroxylation sites is 1. The molecule has 2 heterocycles. The Labute approximate surface area is 176 Å². The molecule has 3 amide bonds. The minimum atomic E-state index is -0.386. The first-order chi connectivity index (χ1) is 14.6. The van der Waals surface area contributed by atoms with Crippen molar-refractivity contribution in [2.75, 3.05) is 26.0 Å². The highest BCUT2D eigenvalue weighted by Gasteiger charge is 2.26. The van der Waals surface area contributed by atoms with E-state index in [1.54, 1.807) is 29.9 Å². The molecule has 0 atom stereocenters. The maximum Gasteiger partial charge on any atom is 0.324 e. The average molecular weight is 424 g/mol. The summed E-state index contributed by atoms with van der Waals surface area (Å²) in [6.45, 7) is 1.11. The number of nitrogens with zero attached hydrogens (tertiary/aromatic N) is 3. The normalized spacial score (nSPS) is 13.5. The lowest BCUT2D eigenvalue weighted by molar-refractivity contribution is -0.124. The molecule has 4 rings (SSSR count). The number of methoxy groups -OCH3 is 1. The SMILES string of the molecule is COc1ccc(Cn2c(SCC(=O)N3CCNC3=O)nc3ccccc3c2=O)cc1. The third kappa shape index (κ3) is 4.02. The van der Waals surface area contributed by atoms with Crippen LogP contribution in [0.2, 0.25) is 0 Å². The molecule has 154 valence electrons. The Morgan fingerprint density at radius 2 is 1.93 bits per heavy atom. The lowest BCUT2D eigenvalue weighted by atomic mass is 10.2. The van der Waals surface area contributed by atoms with Gasteiger partial charge in [-0.05, 0) is 29.8 Å². The molecule has 2 aromatic carbocycles. The monoisotopic (exact) mass is 424 g/mol. The molecule has 1 aliphatic rings. The quantitative estimate of drug-likeness (QED) is 0.481. The van der Waals surface area contributed by atoms with Gasteiger partial charge in [-0.25, -0.2) is 9.78 Å². The lowest BCUT2D eigenvalue weighted by Crippen LogP contribution is -2.35. The van der Waals surface area contributed by atoms with Gasteiger partial charge in [-0.1, -0.05) is 36.0 Å². The highest BCUT2D eigenvalue weighted by Crippen LogP contribution is 2.20. The van der Waals surface area contributed by atoms with Gasteiger partial charge in [0.15, 0.2) is 5.16 Å². The van der Waals surface area contributed by atoms with Gasteiger partial charge in [0, 0.05) is 13.1 Å².